The number of benzene rings is 1. The first-order valence-electron chi connectivity index (χ1n) is 7.56. The molecule has 2 aromatic rings. The van der Waals surface area contributed by atoms with Crippen LogP contribution in [0.5, 0.6) is 0 Å². The maximum absolute atomic E-state index is 13.2. The summed E-state index contributed by atoms with van der Waals surface area (Å²) in [5.74, 6) is 0. The average molecular weight is 391 g/mol. The summed E-state index contributed by atoms with van der Waals surface area (Å²) in [5, 5.41) is 0. The summed E-state index contributed by atoms with van der Waals surface area (Å²) in [6.07, 6.45) is -2.13. The molecule has 0 saturated carbocycles. The van der Waals surface area contributed by atoms with Gasteiger partial charge in [0.25, 0.3) is 0 Å². The predicted octanol–water partition coefficient (Wildman–Crippen LogP) is 5.48. The standard InChI is InChI=1S/C16H17F3N2S3/c17-16(18,19)11-7-13(23-15-4-3-12(10-20)22-15)9-14(8-11)24-21-5-1-2-6-21/h3-4,7-9H,1-2,5-6,10,20H2. The maximum Gasteiger partial charge on any atom is 0.416 e. The monoisotopic (exact) mass is 390 g/mol. The summed E-state index contributed by atoms with van der Waals surface area (Å²) in [5.41, 5.74) is 5.00. The van der Waals surface area contributed by atoms with Gasteiger partial charge in [0.15, 0.2) is 0 Å². The largest absolute Gasteiger partial charge is 0.416 e. The van der Waals surface area contributed by atoms with Gasteiger partial charge in [0.05, 0.1) is 9.77 Å². The van der Waals surface area contributed by atoms with Crippen molar-refractivity contribution in [3.63, 3.8) is 0 Å². The second-order valence-electron chi connectivity index (χ2n) is 5.45. The summed E-state index contributed by atoms with van der Waals surface area (Å²) in [4.78, 5) is 2.28. The number of halogens is 3. The molecule has 1 aromatic carbocycles. The molecule has 24 heavy (non-hydrogen) atoms. The van der Waals surface area contributed by atoms with Crippen LogP contribution in [-0.2, 0) is 12.7 Å². The normalized spacial score (nSPS) is 16.0. The van der Waals surface area contributed by atoms with Crippen molar-refractivity contribution in [2.75, 3.05) is 13.1 Å². The van der Waals surface area contributed by atoms with Crippen LogP contribution in [0.4, 0.5) is 13.2 Å². The molecule has 2 nitrogen and oxygen atoms in total. The molecular formula is C16H17F3N2S3. The molecule has 0 aliphatic carbocycles. The van der Waals surface area contributed by atoms with Crippen molar-refractivity contribution in [2.24, 2.45) is 5.73 Å². The summed E-state index contributed by atoms with van der Waals surface area (Å²) in [6, 6.07) is 8.13. The van der Waals surface area contributed by atoms with E-state index in [-0.39, 0.29) is 0 Å². The second-order valence-corrected chi connectivity index (χ2v) is 9.16. The van der Waals surface area contributed by atoms with E-state index in [0.717, 1.165) is 35.0 Å². The first-order chi connectivity index (χ1) is 11.4. The zero-order valence-electron chi connectivity index (χ0n) is 12.8. The molecule has 1 saturated heterocycles. The zero-order valence-corrected chi connectivity index (χ0v) is 15.3. The number of hydrogen-bond acceptors (Lipinski definition) is 5. The number of nitrogens with two attached hydrogens (primary N) is 1. The fraction of sp³-hybridized carbons (Fsp3) is 0.375. The molecule has 0 atom stereocenters. The van der Waals surface area contributed by atoms with Gasteiger partial charge in [-0.25, -0.2) is 4.31 Å². The molecule has 2 N–H and O–H groups in total. The molecule has 0 bridgehead atoms. The van der Waals surface area contributed by atoms with Crippen molar-refractivity contribution in [1.82, 2.24) is 4.31 Å². The van der Waals surface area contributed by atoms with E-state index < -0.39 is 11.7 Å². The zero-order chi connectivity index (χ0) is 17.2. The molecule has 0 spiro atoms. The molecule has 0 amide bonds. The van der Waals surface area contributed by atoms with Crippen LogP contribution in [-0.4, -0.2) is 17.4 Å². The molecule has 8 heteroatoms. The van der Waals surface area contributed by atoms with Crippen LogP contribution < -0.4 is 5.73 Å². The van der Waals surface area contributed by atoms with Crippen LogP contribution in [0, 0.1) is 0 Å². The Morgan fingerprint density at radius 3 is 2.42 bits per heavy atom. The fourth-order valence-electron chi connectivity index (χ4n) is 2.41. The number of nitrogens with zero attached hydrogens (tertiary/aromatic N) is 1. The SMILES string of the molecule is NCc1ccc(Sc2cc(SN3CCCC3)cc(C(F)(F)F)c2)s1. The van der Waals surface area contributed by atoms with E-state index in [1.54, 1.807) is 0 Å². The van der Waals surface area contributed by atoms with Crippen molar-refractivity contribution in [3.05, 3.63) is 40.8 Å². The van der Waals surface area contributed by atoms with Gasteiger partial charge in [-0.2, -0.15) is 13.2 Å². The van der Waals surface area contributed by atoms with E-state index in [0.29, 0.717) is 16.3 Å². The van der Waals surface area contributed by atoms with Gasteiger partial charge in [-0.3, -0.25) is 0 Å². The van der Waals surface area contributed by atoms with Crippen LogP contribution in [0.15, 0.2) is 44.3 Å². The van der Waals surface area contributed by atoms with Crippen molar-refractivity contribution in [1.29, 1.82) is 0 Å². The third-order valence-corrected chi connectivity index (χ3v) is 6.84. The van der Waals surface area contributed by atoms with Crippen molar-refractivity contribution < 1.29 is 13.2 Å². The van der Waals surface area contributed by atoms with Crippen LogP contribution >= 0.6 is 35.0 Å². The van der Waals surface area contributed by atoms with Crippen LogP contribution in [0.25, 0.3) is 0 Å². The van der Waals surface area contributed by atoms with E-state index in [1.165, 1.54) is 47.2 Å². The van der Waals surface area contributed by atoms with E-state index in [1.807, 2.05) is 18.2 Å². The van der Waals surface area contributed by atoms with Gasteiger partial charge < -0.3 is 5.73 Å². The van der Waals surface area contributed by atoms with Crippen LogP contribution in [0.3, 0.4) is 0 Å². The molecule has 1 aromatic heterocycles. The first-order valence-corrected chi connectivity index (χ1v) is 9.96. The van der Waals surface area contributed by atoms with Crippen LogP contribution in [0.1, 0.15) is 23.3 Å². The summed E-state index contributed by atoms with van der Waals surface area (Å²) in [7, 11) is 0. The summed E-state index contributed by atoms with van der Waals surface area (Å²) < 4.78 is 42.7. The van der Waals surface area contributed by atoms with Crippen LogP contribution in [0.2, 0.25) is 0 Å². The summed E-state index contributed by atoms with van der Waals surface area (Å²) in [6.45, 7) is 2.30. The number of hydrogen-bond donors (Lipinski definition) is 1. The highest BCUT2D eigenvalue weighted by molar-refractivity contribution is 8.01. The highest BCUT2D eigenvalue weighted by atomic mass is 32.2. The molecule has 130 valence electrons. The number of rotatable bonds is 5. The lowest BCUT2D eigenvalue weighted by molar-refractivity contribution is -0.137. The van der Waals surface area contributed by atoms with E-state index in [4.69, 9.17) is 5.73 Å². The minimum atomic E-state index is -4.34. The molecule has 1 aliphatic rings. The second kappa shape index (κ2) is 7.70. The molecular weight excluding hydrogens is 373 g/mol. The smallest absolute Gasteiger partial charge is 0.326 e. The molecule has 2 heterocycles. The topological polar surface area (TPSA) is 29.3 Å². The third-order valence-electron chi connectivity index (χ3n) is 3.56. The fourth-order valence-corrected chi connectivity index (χ4v) is 5.72. The lowest BCUT2D eigenvalue weighted by Crippen LogP contribution is -2.10. The molecule has 1 fully saturated rings. The Hall–Kier alpha value is -0.670. The van der Waals surface area contributed by atoms with Gasteiger partial charge in [-0.1, -0.05) is 11.8 Å². The number of thiophene rings is 1. The van der Waals surface area contributed by atoms with Gasteiger partial charge in [0, 0.05) is 34.3 Å². The third kappa shape index (κ3) is 4.70. The lowest BCUT2D eigenvalue weighted by atomic mass is 10.2. The van der Waals surface area contributed by atoms with Gasteiger partial charge in [-0.05, 0) is 55.1 Å². The lowest BCUT2D eigenvalue weighted by Gasteiger charge is -2.16. The predicted molar refractivity (Wildman–Crippen MR) is 94.4 cm³/mol. The minimum Gasteiger partial charge on any atom is -0.326 e. The Labute approximate surface area is 151 Å². The molecule has 0 radical (unpaired) electrons. The van der Waals surface area contributed by atoms with Gasteiger partial charge in [0.2, 0.25) is 0 Å². The molecule has 3 rings (SSSR count). The Morgan fingerprint density at radius 2 is 1.79 bits per heavy atom. The Balaban J connectivity index is 1.85. The van der Waals surface area contributed by atoms with Crippen molar-refractivity contribution >= 4 is 35.0 Å². The van der Waals surface area contributed by atoms with Gasteiger partial charge >= 0.3 is 6.18 Å². The number of alkyl halides is 3. The molecule has 1 aliphatic heterocycles. The highest BCUT2D eigenvalue weighted by Crippen LogP contribution is 2.40. The van der Waals surface area contributed by atoms with Crippen molar-refractivity contribution in [2.45, 2.75) is 39.6 Å². The average Bonchev–Trinajstić information content (AvgIpc) is 3.18. The Morgan fingerprint density at radius 1 is 1.08 bits per heavy atom. The maximum atomic E-state index is 13.2. The Kier molecular flexibility index (Phi) is 5.82. The van der Waals surface area contributed by atoms with E-state index >= 15 is 0 Å². The van der Waals surface area contributed by atoms with Gasteiger partial charge in [0.1, 0.15) is 0 Å². The van der Waals surface area contributed by atoms with E-state index in [9.17, 15) is 13.2 Å². The van der Waals surface area contributed by atoms with Gasteiger partial charge in [-0.15, -0.1) is 11.3 Å². The van der Waals surface area contributed by atoms with Crippen molar-refractivity contribution in [3.8, 4) is 0 Å². The minimum absolute atomic E-state index is 0.448. The highest BCUT2D eigenvalue weighted by Gasteiger charge is 2.31. The molecule has 0 unspecified atom stereocenters. The summed E-state index contributed by atoms with van der Waals surface area (Å²) >= 11 is 4.30. The first kappa shape index (κ1) is 18.1. The Bertz CT molecular complexity index is 694. The quantitative estimate of drug-likeness (QED) is 0.685. The van der Waals surface area contributed by atoms with E-state index in [2.05, 4.69) is 4.31 Å².